The van der Waals surface area contributed by atoms with Gasteiger partial charge in [0.1, 0.15) is 0 Å². The van der Waals surface area contributed by atoms with Crippen molar-refractivity contribution < 1.29 is 9.59 Å². The van der Waals surface area contributed by atoms with Crippen molar-refractivity contribution in [2.24, 2.45) is 0 Å². The molecule has 1 saturated heterocycles. The van der Waals surface area contributed by atoms with Gasteiger partial charge < -0.3 is 16.0 Å². The smallest absolute Gasteiger partial charge is 0.221 e. The summed E-state index contributed by atoms with van der Waals surface area (Å²) in [6.07, 6.45) is 0.529. The third-order valence-electron chi connectivity index (χ3n) is 2.58. The summed E-state index contributed by atoms with van der Waals surface area (Å²) in [5.74, 6) is 0.0260. The molecule has 1 aliphatic rings. The number of amides is 2. The van der Waals surface area contributed by atoms with Crippen LogP contribution in [0.3, 0.4) is 0 Å². The van der Waals surface area contributed by atoms with Crippen molar-refractivity contribution in [1.82, 2.24) is 10.6 Å². The van der Waals surface area contributed by atoms with Crippen LogP contribution in [0.15, 0.2) is 11.4 Å². The topological polar surface area (TPSA) is 70.2 Å². The lowest BCUT2D eigenvalue weighted by Crippen LogP contribution is -2.30. The maximum absolute atomic E-state index is 11.0. The predicted octanol–water partition coefficient (Wildman–Crippen LogP) is 0.685. The summed E-state index contributed by atoms with van der Waals surface area (Å²) < 4.78 is 0. The second kappa shape index (κ2) is 5.29. The molecular formula is C11H15N3O2S. The lowest BCUT2D eigenvalue weighted by molar-refractivity contribution is -0.119. The third-order valence-corrected chi connectivity index (χ3v) is 3.51. The van der Waals surface area contributed by atoms with Crippen molar-refractivity contribution in [3.63, 3.8) is 0 Å². The van der Waals surface area contributed by atoms with E-state index in [2.05, 4.69) is 16.0 Å². The van der Waals surface area contributed by atoms with Gasteiger partial charge >= 0.3 is 0 Å². The van der Waals surface area contributed by atoms with E-state index in [1.165, 1.54) is 6.92 Å². The second-order valence-electron chi connectivity index (χ2n) is 4.02. The first-order chi connectivity index (χ1) is 8.15. The predicted molar refractivity (Wildman–Crippen MR) is 66.9 cm³/mol. The average Bonchev–Trinajstić information content (AvgIpc) is 2.84. The van der Waals surface area contributed by atoms with Crippen LogP contribution in [0, 0.1) is 0 Å². The maximum atomic E-state index is 11.0. The van der Waals surface area contributed by atoms with E-state index >= 15 is 0 Å². The molecule has 92 valence electrons. The van der Waals surface area contributed by atoms with Gasteiger partial charge in [0, 0.05) is 37.4 Å². The van der Waals surface area contributed by atoms with Crippen molar-refractivity contribution in [1.29, 1.82) is 0 Å². The fourth-order valence-electron chi connectivity index (χ4n) is 1.77. The fourth-order valence-corrected chi connectivity index (χ4v) is 2.55. The molecule has 1 aliphatic heterocycles. The summed E-state index contributed by atoms with van der Waals surface area (Å²) in [5.41, 5.74) is 0.854. The Morgan fingerprint density at radius 2 is 2.47 bits per heavy atom. The van der Waals surface area contributed by atoms with Gasteiger partial charge in [-0.05, 0) is 11.4 Å². The number of hydrogen-bond acceptors (Lipinski definition) is 4. The summed E-state index contributed by atoms with van der Waals surface area (Å²) in [6, 6.07) is 2.08. The van der Waals surface area contributed by atoms with E-state index in [1.807, 2.05) is 11.4 Å². The van der Waals surface area contributed by atoms with Gasteiger partial charge in [0.15, 0.2) is 0 Å². The van der Waals surface area contributed by atoms with Gasteiger partial charge in [0.2, 0.25) is 11.8 Å². The van der Waals surface area contributed by atoms with E-state index in [4.69, 9.17) is 0 Å². The first kappa shape index (κ1) is 12.1. The standard InChI is InChI=1S/C11H15N3O2S/c1-7(15)14-9-2-3-17-10(9)6-12-8-4-11(16)13-5-8/h2-3,8,12H,4-6H2,1H3,(H,13,16)(H,14,15). The largest absolute Gasteiger partial charge is 0.354 e. The van der Waals surface area contributed by atoms with E-state index in [0.29, 0.717) is 19.5 Å². The minimum absolute atomic E-state index is 0.0673. The molecule has 2 amide bonds. The molecule has 17 heavy (non-hydrogen) atoms. The molecule has 1 fully saturated rings. The molecule has 0 radical (unpaired) electrons. The summed E-state index contributed by atoms with van der Waals surface area (Å²) in [7, 11) is 0. The molecule has 0 saturated carbocycles. The van der Waals surface area contributed by atoms with Crippen LogP contribution in [0.25, 0.3) is 0 Å². The van der Waals surface area contributed by atoms with Gasteiger partial charge in [-0.2, -0.15) is 0 Å². The molecular weight excluding hydrogens is 238 g/mol. The molecule has 1 aromatic rings. The van der Waals surface area contributed by atoms with Crippen LogP contribution in [-0.2, 0) is 16.1 Å². The average molecular weight is 253 g/mol. The zero-order valence-electron chi connectivity index (χ0n) is 9.58. The van der Waals surface area contributed by atoms with E-state index in [1.54, 1.807) is 11.3 Å². The van der Waals surface area contributed by atoms with Crippen LogP contribution >= 0.6 is 11.3 Å². The zero-order chi connectivity index (χ0) is 12.3. The Balaban J connectivity index is 1.88. The van der Waals surface area contributed by atoms with Crippen molar-refractivity contribution >= 4 is 28.8 Å². The Morgan fingerprint density at radius 1 is 1.65 bits per heavy atom. The Morgan fingerprint density at radius 3 is 3.12 bits per heavy atom. The van der Waals surface area contributed by atoms with Crippen LogP contribution in [0.1, 0.15) is 18.2 Å². The van der Waals surface area contributed by atoms with Gasteiger partial charge in [0.25, 0.3) is 0 Å². The Hall–Kier alpha value is -1.40. The van der Waals surface area contributed by atoms with E-state index in [-0.39, 0.29) is 17.9 Å². The summed E-state index contributed by atoms with van der Waals surface area (Å²) in [4.78, 5) is 23.1. The first-order valence-corrected chi connectivity index (χ1v) is 6.37. The molecule has 5 nitrogen and oxygen atoms in total. The highest BCUT2D eigenvalue weighted by Crippen LogP contribution is 2.22. The normalized spacial score (nSPS) is 19.1. The second-order valence-corrected chi connectivity index (χ2v) is 5.03. The highest BCUT2D eigenvalue weighted by Gasteiger charge is 2.20. The van der Waals surface area contributed by atoms with Crippen LogP contribution in [0.5, 0.6) is 0 Å². The molecule has 3 N–H and O–H groups in total. The molecule has 0 bridgehead atoms. The summed E-state index contributed by atoms with van der Waals surface area (Å²) in [6.45, 7) is 2.85. The summed E-state index contributed by atoms with van der Waals surface area (Å²) in [5, 5.41) is 10.8. The van der Waals surface area contributed by atoms with Gasteiger partial charge in [-0.3, -0.25) is 9.59 Å². The Kier molecular flexibility index (Phi) is 3.75. The molecule has 6 heteroatoms. The molecule has 0 aromatic carbocycles. The number of carbonyl (C=O) groups is 2. The zero-order valence-corrected chi connectivity index (χ0v) is 10.4. The van der Waals surface area contributed by atoms with Crippen LogP contribution in [0.2, 0.25) is 0 Å². The quantitative estimate of drug-likeness (QED) is 0.739. The van der Waals surface area contributed by atoms with Crippen LogP contribution < -0.4 is 16.0 Å². The Bertz CT molecular complexity index is 430. The lowest BCUT2D eigenvalue weighted by Gasteiger charge is -2.10. The number of anilines is 1. The highest BCUT2D eigenvalue weighted by molar-refractivity contribution is 7.10. The van der Waals surface area contributed by atoms with Gasteiger partial charge in [0.05, 0.1) is 5.69 Å². The van der Waals surface area contributed by atoms with Crippen molar-refractivity contribution in [2.75, 3.05) is 11.9 Å². The van der Waals surface area contributed by atoms with Crippen LogP contribution in [-0.4, -0.2) is 24.4 Å². The SMILES string of the molecule is CC(=O)Nc1ccsc1CNC1CNC(=O)C1. The monoisotopic (exact) mass is 253 g/mol. The number of rotatable bonds is 4. The van der Waals surface area contributed by atoms with Gasteiger partial charge in [-0.1, -0.05) is 0 Å². The minimum Gasteiger partial charge on any atom is -0.354 e. The van der Waals surface area contributed by atoms with Crippen molar-refractivity contribution in [2.45, 2.75) is 25.9 Å². The first-order valence-electron chi connectivity index (χ1n) is 5.49. The third kappa shape index (κ3) is 3.28. The number of hydrogen-bond donors (Lipinski definition) is 3. The van der Waals surface area contributed by atoms with Gasteiger partial charge in [-0.15, -0.1) is 11.3 Å². The molecule has 1 atom stereocenters. The molecule has 0 aliphatic carbocycles. The molecule has 1 unspecified atom stereocenters. The Labute approximate surface area is 104 Å². The van der Waals surface area contributed by atoms with E-state index in [0.717, 1.165) is 10.6 Å². The summed E-state index contributed by atoms with van der Waals surface area (Å²) >= 11 is 1.59. The van der Waals surface area contributed by atoms with Gasteiger partial charge in [-0.25, -0.2) is 0 Å². The van der Waals surface area contributed by atoms with Crippen molar-refractivity contribution in [3.8, 4) is 0 Å². The van der Waals surface area contributed by atoms with E-state index in [9.17, 15) is 9.59 Å². The maximum Gasteiger partial charge on any atom is 0.221 e. The number of nitrogens with one attached hydrogen (secondary N) is 3. The fraction of sp³-hybridized carbons (Fsp3) is 0.455. The molecule has 0 spiro atoms. The molecule has 1 aromatic heterocycles. The number of carbonyl (C=O) groups excluding carboxylic acids is 2. The van der Waals surface area contributed by atoms with E-state index < -0.39 is 0 Å². The lowest BCUT2D eigenvalue weighted by atomic mass is 10.2. The molecule has 2 heterocycles. The van der Waals surface area contributed by atoms with Crippen LogP contribution in [0.4, 0.5) is 5.69 Å². The minimum atomic E-state index is -0.0673. The number of thiophene rings is 1. The van der Waals surface area contributed by atoms with Crippen molar-refractivity contribution in [3.05, 3.63) is 16.3 Å². The highest BCUT2D eigenvalue weighted by atomic mass is 32.1. The molecule has 2 rings (SSSR count).